The molecule has 4 aliphatic rings. The van der Waals surface area contributed by atoms with Gasteiger partial charge in [-0.1, -0.05) is 210 Å². The van der Waals surface area contributed by atoms with Crippen LogP contribution in [0.5, 0.6) is 0 Å². The highest BCUT2D eigenvalue weighted by Gasteiger charge is 2.31. The second kappa shape index (κ2) is 22.0. The van der Waals surface area contributed by atoms with E-state index in [0.717, 1.165) is 110 Å². The zero-order chi connectivity index (χ0) is 72.4. The maximum atomic E-state index is 5.59. The van der Waals surface area contributed by atoms with Gasteiger partial charge in [0.25, 0.3) is 0 Å². The van der Waals surface area contributed by atoms with Crippen LogP contribution in [0.25, 0.3) is 190 Å². The summed E-state index contributed by atoms with van der Waals surface area (Å²) in [4.78, 5) is 80.3. The van der Waals surface area contributed by atoms with E-state index in [1.807, 2.05) is 0 Å². The average Bonchev–Trinajstić information content (AvgIpc) is 1.59. The van der Waals surface area contributed by atoms with Crippen LogP contribution in [0.2, 0.25) is 0 Å². The molecular formula is C88H82N16. The molecule has 16 bridgehead atoms. The van der Waals surface area contributed by atoms with Crippen LogP contribution in [-0.2, 0) is 32.5 Å². The number of rotatable bonds is 1. The number of hydrogen-bond acceptors (Lipinski definition) is 12. The lowest BCUT2D eigenvalue weighted by Gasteiger charge is -2.19. The molecule has 16 nitrogen and oxygen atoms in total. The molecule has 0 fully saturated rings. The molecule has 14 aromatic rings. The highest BCUT2D eigenvalue weighted by atomic mass is 15.1. The first-order valence-corrected chi connectivity index (χ1v) is 36.0. The molecule has 8 aromatic carbocycles. The first kappa shape index (κ1) is 64.6. The SMILES string of the molecule is CC(C)(C)c1ccc2c(c1)-c1nc-2nc2[nH]c(nc3nc(nc4[nH]c(n1)c1ccc(C(C)(C)C)cc41)-c1cc(-c4ccc5c(c4)-c4nc-5nc5[nH]c(nc6nc(nc7[nH]c(n4)c4cc(C(C)(C)C)ccc74)-c4cc(C(C)(C)C)ccc4-6)c4cc(C(C)(C)C)ccc54)ccc1-3)c1ccc(C(C)(C)C)cc21. The largest absolute Gasteiger partial charge is 0.324 e. The van der Waals surface area contributed by atoms with Crippen LogP contribution in [0.15, 0.2) is 146 Å². The maximum Gasteiger partial charge on any atom is 0.164 e. The van der Waals surface area contributed by atoms with Crippen molar-refractivity contribution in [1.29, 1.82) is 0 Å². The van der Waals surface area contributed by atoms with Gasteiger partial charge in [0.1, 0.15) is 45.2 Å². The Morgan fingerprint density at radius 3 is 0.587 bits per heavy atom. The van der Waals surface area contributed by atoms with Gasteiger partial charge in [-0.25, -0.2) is 59.8 Å². The zero-order valence-corrected chi connectivity index (χ0v) is 62.2. The summed E-state index contributed by atoms with van der Waals surface area (Å²) in [6, 6.07) is 52.3. The first-order chi connectivity index (χ1) is 49.2. The van der Waals surface area contributed by atoms with Crippen molar-refractivity contribution in [3.63, 3.8) is 0 Å². The lowest BCUT2D eigenvalue weighted by Crippen LogP contribution is -2.10. The summed E-state index contributed by atoms with van der Waals surface area (Å²) in [7, 11) is 0. The van der Waals surface area contributed by atoms with Crippen LogP contribution >= 0.6 is 0 Å². The summed E-state index contributed by atoms with van der Waals surface area (Å²) in [6.07, 6.45) is 0. The Morgan fingerprint density at radius 1 is 0.173 bits per heavy atom. The molecule has 18 rings (SSSR count). The molecule has 0 atom stereocenters. The van der Waals surface area contributed by atoms with E-state index in [4.69, 9.17) is 59.8 Å². The van der Waals surface area contributed by atoms with Gasteiger partial charge < -0.3 is 19.9 Å². The first-order valence-electron chi connectivity index (χ1n) is 36.0. The zero-order valence-electron chi connectivity index (χ0n) is 62.2. The molecule has 6 aromatic heterocycles. The fourth-order valence-electron chi connectivity index (χ4n) is 14.7. The number of fused-ring (bicyclic) bond motifs is 40. The molecular weight excluding hydrogens is 1280 g/mol. The Bertz CT molecular complexity index is 6100. The van der Waals surface area contributed by atoms with E-state index in [0.29, 0.717) is 91.8 Å². The van der Waals surface area contributed by atoms with E-state index < -0.39 is 0 Å². The summed E-state index contributed by atoms with van der Waals surface area (Å²) < 4.78 is 0. The molecule has 4 N–H and O–H groups in total. The maximum absolute atomic E-state index is 5.59. The molecule has 0 aliphatic carbocycles. The Balaban J connectivity index is 0.881. The molecule has 0 amide bonds. The molecule has 0 unspecified atom stereocenters. The molecule has 16 heteroatoms. The van der Waals surface area contributed by atoms with E-state index in [-0.39, 0.29) is 32.5 Å². The third-order valence-electron chi connectivity index (χ3n) is 21.2. The quantitative estimate of drug-likeness (QED) is 0.121. The van der Waals surface area contributed by atoms with Crippen molar-refractivity contribution in [2.24, 2.45) is 0 Å². The average molecular weight is 1360 g/mol. The van der Waals surface area contributed by atoms with E-state index in [9.17, 15) is 0 Å². The molecule has 4 aliphatic heterocycles. The van der Waals surface area contributed by atoms with Crippen molar-refractivity contribution in [3.8, 4) is 102 Å². The van der Waals surface area contributed by atoms with Gasteiger partial charge in [0.2, 0.25) is 0 Å². The minimum atomic E-state index is -0.169. The van der Waals surface area contributed by atoms with Gasteiger partial charge in [0, 0.05) is 87.6 Å². The minimum absolute atomic E-state index is 0.137. The topological polar surface area (TPSA) is 218 Å². The van der Waals surface area contributed by atoms with Gasteiger partial charge in [-0.3, -0.25) is 0 Å². The Kier molecular flexibility index (Phi) is 13.7. The van der Waals surface area contributed by atoms with Gasteiger partial charge in [-0.2, -0.15) is 0 Å². The normalized spacial score (nSPS) is 13.3. The molecule has 104 heavy (non-hydrogen) atoms. The molecule has 0 radical (unpaired) electrons. The van der Waals surface area contributed by atoms with Crippen molar-refractivity contribution in [2.75, 3.05) is 0 Å². The van der Waals surface area contributed by atoms with Crippen LogP contribution in [0.1, 0.15) is 158 Å². The van der Waals surface area contributed by atoms with Crippen molar-refractivity contribution in [2.45, 2.75) is 157 Å². The van der Waals surface area contributed by atoms with Gasteiger partial charge >= 0.3 is 0 Å². The van der Waals surface area contributed by atoms with Crippen LogP contribution in [0.4, 0.5) is 0 Å². The summed E-state index contributed by atoms with van der Waals surface area (Å²) in [6.45, 7) is 40.1. The lowest BCUT2D eigenvalue weighted by molar-refractivity contribution is 0.590. The minimum Gasteiger partial charge on any atom is -0.324 e. The Hall–Kier alpha value is -11.5. The van der Waals surface area contributed by atoms with Gasteiger partial charge in [-0.15, -0.1) is 0 Å². The second-order valence-electron chi connectivity index (χ2n) is 34.8. The van der Waals surface area contributed by atoms with Crippen molar-refractivity contribution < 1.29 is 0 Å². The smallest absolute Gasteiger partial charge is 0.164 e. The standard InChI is InChI=1S/C88H82N16/c1-83(2,3)45-21-29-53-61(37-45)77-93-69(53)89-67-51-27-19-43(35-59(51)75(91-67)103-81-65-41-49(87(13,14)15)25-33-57(65)73(101-81)99-79-63-39-47(85(7,8)9)23-31-55(63)71(95-77)97-79)44-20-28-52-60(36-44)76-92-68(52)90-70-54-30-22-46(84(4,5)6)38-62(54)78(94-70)96-72-56-32-24-48(86(10,11)12)40-64(56)80(98-72)100-74-58-34-26-50(88(16,17)18)42-66(58)82(102-74)104-76/h19-42H,1-18H3,(H2,89,91,93,95,97,99,101,103)(H2,90,92,94,96,98,100,102,104). The van der Waals surface area contributed by atoms with Crippen LogP contribution in [0.3, 0.4) is 0 Å². The van der Waals surface area contributed by atoms with Crippen molar-refractivity contribution in [1.82, 2.24) is 79.7 Å². The predicted octanol–water partition coefficient (Wildman–Crippen LogP) is 21.5. The molecule has 514 valence electrons. The number of hydrogen-bond donors (Lipinski definition) is 4. The van der Waals surface area contributed by atoms with E-state index in [1.165, 1.54) is 22.3 Å². The number of nitrogens with zero attached hydrogens (tertiary/aromatic N) is 12. The van der Waals surface area contributed by atoms with Gasteiger partial charge in [0.15, 0.2) is 46.6 Å². The van der Waals surface area contributed by atoms with E-state index in [1.54, 1.807) is 0 Å². The highest BCUT2D eigenvalue weighted by Crippen LogP contribution is 2.46. The molecule has 0 saturated heterocycles. The molecule has 10 heterocycles. The fraction of sp³-hybridized carbons (Fsp3) is 0.273. The lowest BCUT2D eigenvalue weighted by atomic mass is 9.85. The van der Waals surface area contributed by atoms with E-state index in [2.05, 4.69) is 290 Å². The second-order valence-corrected chi connectivity index (χ2v) is 34.8. The van der Waals surface area contributed by atoms with Crippen molar-refractivity contribution in [3.05, 3.63) is 179 Å². The summed E-state index contributed by atoms with van der Waals surface area (Å²) in [5.41, 5.74) is 19.8. The number of H-pyrrole nitrogens is 4. The molecule has 0 saturated carbocycles. The Labute approximate surface area is 603 Å². The van der Waals surface area contributed by atoms with Crippen LogP contribution < -0.4 is 0 Å². The number of nitrogens with one attached hydrogen (secondary N) is 4. The third-order valence-corrected chi connectivity index (χ3v) is 21.2. The number of aromatic amines is 4. The molecule has 0 spiro atoms. The summed E-state index contributed by atoms with van der Waals surface area (Å²) >= 11 is 0. The van der Waals surface area contributed by atoms with Crippen LogP contribution in [0, 0.1) is 0 Å². The summed E-state index contributed by atoms with van der Waals surface area (Å²) in [5, 5.41) is 7.30. The third kappa shape index (κ3) is 10.7. The monoisotopic (exact) mass is 1360 g/mol. The Morgan fingerprint density at radius 2 is 0.356 bits per heavy atom. The summed E-state index contributed by atoms with van der Waals surface area (Å²) in [5.74, 6) is 4.25. The number of aromatic nitrogens is 16. The predicted molar refractivity (Wildman–Crippen MR) is 423 cm³/mol. The number of benzene rings is 8. The fourth-order valence-corrected chi connectivity index (χ4v) is 14.7. The highest BCUT2D eigenvalue weighted by molar-refractivity contribution is 6.09. The van der Waals surface area contributed by atoms with Gasteiger partial charge in [0.05, 0.1) is 0 Å². The van der Waals surface area contributed by atoms with Gasteiger partial charge in [-0.05, 0) is 138 Å². The van der Waals surface area contributed by atoms with Crippen LogP contribution in [-0.4, -0.2) is 79.7 Å². The van der Waals surface area contributed by atoms with Crippen molar-refractivity contribution >= 4 is 88.3 Å². The van der Waals surface area contributed by atoms with E-state index >= 15 is 0 Å².